The molecular weight excluding hydrogens is 236 g/mol. The van der Waals surface area contributed by atoms with E-state index < -0.39 is 0 Å². The Kier molecular flexibility index (Phi) is 4.11. The summed E-state index contributed by atoms with van der Waals surface area (Å²) >= 11 is 0. The summed E-state index contributed by atoms with van der Waals surface area (Å²) < 4.78 is 0. The topological polar surface area (TPSA) is 32.3 Å². The SMILES string of the molecule is O=C(CCC1CCNC1)N1CCC2(CCCC2)CC1. The van der Waals surface area contributed by atoms with E-state index in [1.165, 1.54) is 44.9 Å². The molecule has 3 fully saturated rings. The van der Waals surface area contributed by atoms with E-state index in [-0.39, 0.29) is 0 Å². The Morgan fingerprint density at radius 1 is 1.16 bits per heavy atom. The van der Waals surface area contributed by atoms with Crippen molar-refractivity contribution in [3.63, 3.8) is 0 Å². The zero-order valence-electron chi connectivity index (χ0n) is 12.1. The molecule has 1 N–H and O–H groups in total. The van der Waals surface area contributed by atoms with Gasteiger partial charge in [-0.25, -0.2) is 0 Å². The molecule has 108 valence electrons. The fraction of sp³-hybridized carbons (Fsp3) is 0.938. The number of hydrogen-bond donors (Lipinski definition) is 1. The minimum Gasteiger partial charge on any atom is -0.343 e. The van der Waals surface area contributed by atoms with Crippen molar-refractivity contribution in [1.29, 1.82) is 0 Å². The van der Waals surface area contributed by atoms with Gasteiger partial charge in [0.15, 0.2) is 0 Å². The van der Waals surface area contributed by atoms with Gasteiger partial charge in [-0.15, -0.1) is 0 Å². The second kappa shape index (κ2) is 5.82. The van der Waals surface area contributed by atoms with Crippen LogP contribution in [0.1, 0.15) is 57.8 Å². The van der Waals surface area contributed by atoms with Crippen molar-refractivity contribution in [2.24, 2.45) is 11.3 Å². The fourth-order valence-electron chi connectivity index (χ4n) is 4.30. The zero-order valence-corrected chi connectivity index (χ0v) is 12.1. The van der Waals surface area contributed by atoms with Crippen LogP contribution in [-0.2, 0) is 4.79 Å². The number of hydrogen-bond acceptors (Lipinski definition) is 2. The summed E-state index contributed by atoms with van der Waals surface area (Å²) in [5, 5.41) is 3.38. The van der Waals surface area contributed by atoms with Crippen LogP contribution in [-0.4, -0.2) is 37.0 Å². The molecule has 2 saturated heterocycles. The lowest BCUT2D eigenvalue weighted by molar-refractivity contribution is -0.133. The first-order valence-corrected chi connectivity index (χ1v) is 8.26. The summed E-state index contributed by atoms with van der Waals surface area (Å²) in [7, 11) is 0. The summed E-state index contributed by atoms with van der Waals surface area (Å²) in [6, 6.07) is 0. The predicted octanol–water partition coefficient (Wildman–Crippen LogP) is 2.56. The van der Waals surface area contributed by atoms with Crippen LogP contribution in [0.2, 0.25) is 0 Å². The summed E-state index contributed by atoms with van der Waals surface area (Å²) in [6.07, 6.45) is 11.3. The summed E-state index contributed by atoms with van der Waals surface area (Å²) in [4.78, 5) is 14.4. The van der Waals surface area contributed by atoms with Crippen LogP contribution in [0.4, 0.5) is 0 Å². The summed E-state index contributed by atoms with van der Waals surface area (Å²) in [5.41, 5.74) is 0.631. The molecule has 3 aliphatic rings. The minimum absolute atomic E-state index is 0.416. The Labute approximate surface area is 117 Å². The highest BCUT2D eigenvalue weighted by Gasteiger charge is 2.37. The van der Waals surface area contributed by atoms with E-state index in [2.05, 4.69) is 10.2 Å². The highest BCUT2D eigenvalue weighted by Crippen LogP contribution is 2.46. The molecule has 2 aliphatic heterocycles. The number of amides is 1. The number of carbonyl (C=O) groups excluding carboxylic acids is 1. The molecule has 19 heavy (non-hydrogen) atoms. The molecule has 2 heterocycles. The normalized spacial score (nSPS) is 30.1. The molecule has 0 aromatic heterocycles. The zero-order chi connectivity index (χ0) is 13.1. The smallest absolute Gasteiger partial charge is 0.222 e. The van der Waals surface area contributed by atoms with Crippen LogP contribution < -0.4 is 5.32 Å². The van der Waals surface area contributed by atoms with Crippen molar-refractivity contribution in [3.8, 4) is 0 Å². The average molecular weight is 264 g/mol. The molecule has 3 nitrogen and oxygen atoms in total. The van der Waals surface area contributed by atoms with Gasteiger partial charge in [-0.3, -0.25) is 4.79 Å². The van der Waals surface area contributed by atoms with Crippen LogP contribution in [0.3, 0.4) is 0 Å². The summed E-state index contributed by atoms with van der Waals surface area (Å²) in [5.74, 6) is 1.16. The third-order valence-electron chi connectivity index (χ3n) is 5.77. The van der Waals surface area contributed by atoms with Gasteiger partial charge < -0.3 is 10.2 Å². The molecule has 0 radical (unpaired) electrons. The number of piperidine rings is 1. The fourth-order valence-corrected chi connectivity index (χ4v) is 4.30. The van der Waals surface area contributed by atoms with Crippen LogP contribution in [0, 0.1) is 11.3 Å². The molecule has 1 amide bonds. The molecule has 0 aromatic carbocycles. The Hall–Kier alpha value is -0.570. The maximum Gasteiger partial charge on any atom is 0.222 e. The molecule has 0 bridgehead atoms. The summed E-state index contributed by atoms with van der Waals surface area (Å²) in [6.45, 7) is 4.32. The number of carbonyl (C=O) groups is 1. The molecule has 0 aromatic rings. The molecule has 1 spiro atoms. The largest absolute Gasteiger partial charge is 0.343 e. The first-order valence-electron chi connectivity index (χ1n) is 8.26. The molecule has 1 saturated carbocycles. The lowest BCUT2D eigenvalue weighted by atomic mass is 9.77. The quantitative estimate of drug-likeness (QED) is 0.849. The van der Waals surface area contributed by atoms with Crippen LogP contribution in [0.15, 0.2) is 0 Å². The third kappa shape index (κ3) is 3.13. The number of likely N-dealkylation sites (tertiary alicyclic amines) is 1. The Morgan fingerprint density at radius 3 is 2.53 bits per heavy atom. The van der Waals surface area contributed by atoms with E-state index in [1.54, 1.807) is 0 Å². The molecule has 3 heteroatoms. The van der Waals surface area contributed by atoms with Gasteiger partial charge in [-0.05, 0) is 62.9 Å². The van der Waals surface area contributed by atoms with Gasteiger partial charge in [0, 0.05) is 19.5 Å². The molecular formula is C16H28N2O. The van der Waals surface area contributed by atoms with Crippen LogP contribution >= 0.6 is 0 Å². The van der Waals surface area contributed by atoms with Crippen molar-refractivity contribution in [1.82, 2.24) is 10.2 Å². The maximum absolute atomic E-state index is 12.3. The van der Waals surface area contributed by atoms with Crippen LogP contribution in [0.5, 0.6) is 0 Å². The van der Waals surface area contributed by atoms with E-state index in [1.807, 2.05) is 0 Å². The van der Waals surface area contributed by atoms with E-state index in [4.69, 9.17) is 0 Å². The van der Waals surface area contributed by atoms with Gasteiger partial charge in [0.2, 0.25) is 5.91 Å². The molecule has 3 rings (SSSR count). The van der Waals surface area contributed by atoms with E-state index in [0.717, 1.165) is 44.9 Å². The highest BCUT2D eigenvalue weighted by molar-refractivity contribution is 5.76. The lowest BCUT2D eigenvalue weighted by Gasteiger charge is -2.39. The van der Waals surface area contributed by atoms with Gasteiger partial charge in [-0.1, -0.05) is 12.8 Å². The van der Waals surface area contributed by atoms with Gasteiger partial charge in [0.1, 0.15) is 0 Å². The average Bonchev–Trinajstić information content (AvgIpc) is 3.09. The first kappa shape index (κ1) is 13.4. The third-order valence-corrected chi connectivity index (χ3v) is 5.77. The molecule has 1 atom stereocenters. The van der Waals surface area contributed by atoms with Crippen molar-refractivity contribution in [2.45, 2.75) is 57.8 Å². The monoisotopic (exact) mass is 264 g/mol. The van der Waals surface area contributed by atoms with Crippen LogP contribution in [0.25, 0.3) is 0 Å². The Balaban J connectivity index is 1.41. The van der Waals surface area contributed by atoms with Gasteiger partial charge in [0.05, 0.1) is 0 Å². The predicted molar refractivity (Wildman–Crippen MR) is 76.9 cm³/mol. The second-order valence-corrected chi connectivity index (χ2v) is 6.99. The Bertz CT molecular complexity index is 307. The number of rotatable bonds is 3. The van der Waals surface area contributed by atoms with Crippen molar-refractivity contribution >= 4 is 5.91 Å². The van der Waals surface area contributed by atoms with Gasteiger partial charge in [-0.2, -0.15) is 0 Å². The van der Waals surface area contributed by atoms with Gasteiger partial charge in [0.25, 0.3) is 0 Å². The molecule has 1 aliphatic carbocycles. The number of nitrogens with one attached hydrogen (secondary N) is 1. The van der Waals surface area contributed by atoms with Crippen molar-refractivity contribution < 1.29 is 4.79 Å². The Morgan fingerprint density at radius 2 is 1.89 bits per heavy atom. The second-order valence-electron chi connectivity index (χ2n) is 6.99. The maximum atomic E-state index is 12.3. The standard InChI is InChI=1S/C16H28N2O/c19-15(4-3-14-5-10-17-13-14)18-11-8-16(9-12-18)6-1-2-7-16/h14,17H,1-13H2. The highest BCUT2D eigenvalue weighted by atomic mass is 16.2. The lowest BCUT2D eigenvalue weighted by Crippen LogP contribution is -2.42. The van der Waals surface area contributed by atoms with Crippen molar-refractivity contribution in [3.05, 3.63) is 0 Å². The van der Waals surface area contributed by atoms with Crippen molar-refractivity contribution in [2.75, 3.05) is 26.2 Å². The first-order chi connectivity index (χ1) is 9.27. The number of nitrogens with zero attached hydrogens (tertiary/aromatic N) is 1. The van der Waals surface area contributed by atoms with E-state index in [9.17, 15) is 4.79 Å². The van der Waals surface area contributed by atoms with E-state index in [0.29, 0.717) is 11.3 Å². The molecule has 1 unspecified atom stereocenters. The van der Waals surface area contributed by atoms with E-state index >= 15 is 0 Å². The minimum atomic E-state index is 0.416. The van der Waals surface area contributed by atoms with Gasteiger partial charge >= 0.3 is 0 Å².